The van der Waals surface area contributed by atoms with Gasteiger partial charge in [0.05, 0.1) is 6.07 Å². The summed E-state index contributed by atoms with van der Waals surface area (Å²) in [5.41, 5.74) is 0. The predicted molar refractivity (Wildman–Crippen MR) is 69.2 cm³/mol. The van der Waals surface area contributed by atoms with E-state index in [2.05, 4.69) is 21.2 Å². The standard InChI is InChI=1S/C11H9BrN2O2S/c1-14-11(16)9(5-13)10(15)3-2-8-4-7(12)6-17-8/h2-4,6,9H,1H3,(H,14,16)/b3-2+. The summed E-state index contributed by atoms with van der Waals surface area (Å²) in [4.78, 5) is 23.7. The van der Waals surface area contributed by atoms with Crippen molar-refractivity contribution in [1.29, 1.82) is 5.26 Å². The number of nitrogens with zero attached hydrogens (tertiary/aromatic N) is 1. The Morgan fingerprint density at radius 2 is 2.35 bits per heavy atom. The van der Waals surface area contributed by atoms with Crippen LogP contribution in [0.1, 0.15) is 4.88 Å². The number of nitriles is 1. The van der Waals surface area contributed by atoms with Crippen LogP contribution >= 0.6 is 27.3 Å². The summed E-state index contributed by atoms with van der Waals surface area (Å²) in [6, 6.07) is 3.52. The first kappa shape index (κ1) is 13.6. The van der Waals surface area contributed by atoms with Crippen LogP contribution in [0, 0.1) is 17.2 Å². The fourth-order valence-electron chi connectivity index (χ4n) is 1.07. The molecule has 0 saturated heterocycles. The fourth-order valence-corrected chi connectivity index (χ4v) is 2.41. The lowest BCUT2D eigenvalue weighted by Crippen LogP contribution is -2.31. The Kier molecular flexibility index (Phi) is 5.07. The zero-order valence-corrected chi connectivity index (χ0v) is 11.3. The molecule has 1 N–H and O–H groups in total. The molecule has 0 aliphatic heterocycles. The number of rotatable bonds is 4. The Morgan fingerprint density at radius 3 is 2.82 bits per heavy atom. The van der Waals surface area contributed by atoms with Gasteiger partial charge in [-0.25, -0.2) is 0 Å². The van der Waals surface area contributed by atoms with Crippen LogP contribution in [0.4, 0.5) is 0 Å². The summed E-state index contributed by atoms with van der Waals surface area (Å²) in [5.74, 6) is -2.38. The van der Waals surface area contributed by atoms with Gasteiger partial charge in [-0.3, -0.25) is 9.59 Å². The SMILES string of the molecule is CNC(=O)C(C#N)C(=O)/C=C/c1cc(Br)cs1. The summed E-state index contributed by atoms with van der Waals surface area (Å²) < 4.78 is 0.928. The van der Waals surface area contributed by atoms with E-state index >= 15 is 0 Å². The van der Waals surface area contributed by atoms with Crippen molar-refractivity contribution in [3.8, 4) is 6.07 Å². The van der Waals surface area contributed by atoms with E-state index in [1.165, 1.54) is 24.5 Å². The van der Waals surface area contributed by atoms with Gasteiger partial charge in [-0.05, 0) is 34.1 Å². The van der Waals surface area contributed by atoms with Gasteiger partial charge in [0, 0.05) is 21.8 Å². The number of carbonyl (C=O) groups is 2. The number of thiophene rings is 1. The molecular weight excluding hydrogens is 304 g/mol. The first-order valence-electron chi connectivity index (χ1n) is 4.65. The third kappa shape index (κ3) is 3.80. The van der Waals surface area contributed by atoms with E-state index < -0.39 is 17.6 Å². The minimum Gasteiger partial charge on any atom is -0.358 e. The minimum atomic E-state index is -1.28. The number of hydrogen-bond acceptors (Lipinski definition) is 4. The highest BCUT2D eigenvalue weighted by atomic mass is 79.9. The molecule has 17 heavy (non-hydrogen) atoms. The van der Waals surface area contributed by atoms with E-state index in [9.17, 15) is 9.59 Å². The molecule has 0 spiro atoms. The summed E-state index contributed by atoms with van der Waals surface area (Å²) in [7, 11) is 1.39. The highest BCUT2D eigenvalue weighted by Gasteiger charge is 2.22. The van der Waals surface area contributed by atoms with Crippen LogP contribution in [0.25, 0.3) is 6.08 Å². The number of halogens is 1. The third-order valence-corrected chi connectivity index (χ3v) is 3.58. The van der Waals surface area contributed by atoms with Gasteiger partial charge in [0.25, 0.3) is 0 Å². The Hall–Kier alpha value is -1.45. The van der Waals surface area contributed by atoms with Crippen LogP contribution < -0.4 is 5.32 Å². The van der Waals surface area contributed by atoms with Gasteiger partial charge < -0.3 is 5.32 Å². The van der Waals surface area contributed by atoms with E-state index in [1.54, 1.807) is 12.1 Å². The van der Waals surface area contributed by atoms with Gasteiger partial charge in [-0.1, -0.05) is 0 Å². The molecule has 1 unspecified atom stereocenters. The Balaban J connectivity index is 2.75. The van der Waals surface area contributed by atoms with Crippen LogP contribution in [0.2, 0.25) is 0 Å². The highest BCUT2D eigenvalue weighted by Crippen LogP contribution is 2.20. The number of ketones is 1. The van der Waals surface area contributed by atoms with Crippen molar-refractivity contribution in [1.82, 2.24) is 5.32 Å². The minimum absolute atomic E-state index is 0.517. The first-order chi connectivity index (χ1) is 8.08. The number of allylic oxidation sites excluding steroid dienone is 1. The second-order valence-corrected chi connectivity index (χ2v) is 4.94. The quantitative estimate of drug-likeness (QED) is 0.682. The Labute approximate surface area is 111 Å². The number of amides is 1. The molecule has 0 aliphatic rings. The monoisotopic (exact) mass is 312 g/mol. The molecule has 0 saturated carbocycles. The van der Waals surface area contributed by atoms with Crippen molar-refractivity contribution in [3.05, 3.63) is 26.9 Å². The van der Waals surface area contributed by atoms with Crippen molar-refractivity contribution < 1.29 is 9.59 Å². The summed E-state index contributed by atoms with van der Waals surface area (Å²) >= 11 is 4.75. The molecule has 88 valence electrons. The molecule has 0 bridgehead atoms. The van der Waals surface area contributed by atoms with Crippen molar-refractivity contribution >= 4 is 45.0 Å². The molecule has 0 aliphatic carbocycles. The van der Waals surface area contributed by atoms with Gasteiger partial charge in [0.15, 0.2) is 11.7 Å². The summed E-state index contributed by atoms with van der Waals surface area (Å²) in [6.45, 7) is 0. The molecule has 1 heterocycles. The van der Waals surface area contributed by atoms with Crippen molar-refractivity contribution in [2.75, 3.05) is 7.05 Å². The van der Waals surface area contributed by atoms with Crippen LogP contribution in [0.3, 0.4) is 0 Å². The predicted octanol–water partition coefficient (Wildman–Crippen LogP) is 1.98. The zero-order valence-electron chi connectivity index (χ0n) is 8.94. The second-order valence-electron chi connectivity index (χ2n) is 3.08. The summed E-state index contributed by atoms with van der Waals surface area (Å²) in [5, 5.41) is 12.9. The Morgan fingerprint density at radius 1 is 1.65 bits per heavy atom. The first-order valence-corrected chi connectivity index (χ1v) is 6.33. The fraction of sp³-hybridized carbons (Fsp3) is 0.182. The maximum Gasteiger partial charge on any atom is 0.245 e. The number of carbonyl (C=O) groups excluding carboxylic acids is 2. The normalized spacial score (nSPS) is 12.1. The average molecular weight is 313 g/mol. The summed E-state index contributed by atoms with van der Waals surface area (Å²) in [6.07, 6.45) is 2.84. The van der Waals surface area contributed by atoms with Crippen molar-refractivity contribution in [3.63, 3.8) is 0 Å². The van der Waals surface area contributed by atoms with E-state index in [1.807, 2.05) is 11.4 Å². The molecule has 0 fully saturated rings. The van der Waals surface area contributed by atoms with Crippen molar-refractivity contribution in [2.45, 2.75) is 0 Å². The van der Waals surface area contributed by atoms with Gasteiger partial charge >= 0.3 is 0 Å². The zero-order chi connectivity index (χ0) is 12.8. The van der Waals surface area contributed by atoms with Gasteiger partial charge in [0.2, 0.25) is 5.91 Å². The van der Waals surface area contributed by atoms with Crippen LogP contribution in [0.15, 0.2) is 22.0 Å². The van der Waals surface area contributed by atoms with Gasteiger partial charge in [-0.15, -0.1) is 11.3 Å². The third-order valence-electron chi connectivity index (χ3n) is 1.92. The largest absolute Gasteiger partial charge is 0.358 e. The molecule has 1 rings (SSSR count). The van der Waals surface area contributed by atoms with E-state index in [-0.39, 0.29) is 0 Å². The van der Waals surface area contributed by atoms with Crippen LogP contribution in [-0.4, -0.2) is 18.7 Å². The lowest BCUT2D eigenvalue weighted by molar-refractivity contribution is -0.129. The maximum atomic E-state index is 11.6. The molecule has 1 atom stereocenters. The van der Waals surface area contributed by atoms with Crippen LogP contribution in [0.5, 0.6) is 0 Å². The van der Waals surface area contributed by atoms with E-state index in [4.69, 9.17) is 5.26 Å². The molecule has 6 heteroatoms. The molecule has 1 aromatic heterocycles. The van der Waals surface area contributed by atoms with E-state index in [0.717, 1.165) is 9.35 Å². The van der Waals surface area contributed by atoms with Gasteiger partial charge in [-0.2, -0.15) is 5.26 Å². The molecule has 1 aromatic rings. The van der Waals surface area contributed by atoms with Crippen LogP contribution in [-0.2, 0) is 9.59 Å². The average Bonchev–Trinajstić information content (AvgIpc) is 2.73. The highest BCUT2D eigenvalue weighted by molar-refractivity contribution is 9.10. The number of nitrogens with one attached hydrogen (secondary N) is 1. The lowest BCUT2D eigenvalue weighted by Gasteiger charge is -2.02. The van der Waals surface area contributed by atoms with Gasteiger partial charge in [0.1, 0.15) is 0 Å². The molecule has 4 nitrogen and oxygen atoms in total. The second kappa shape index (κ2) is 6.33. The maximum absolute atomic E-state index is 11.6. The van der Waals surface area contributed by atoms with Crippen molar-refractivity contribution in [2.24, 2.45) is 5.92 Å². The van der Waals surface area contributed by atoms with E-state index in [0.29, 0.717) is 0 Å². The molecule has 0 radical (unpaired) electrons. The smallest absolute Gasteiger partial charge is 0.245 e. The molecule has 1 amide bonds. The number of hydrogen-bond donors (Lipinski definition) is 1. The Bertz CT molecular complexity index is 502. The molecular formula is C11H9BrN2O2S. The lowest BCUT2D eigenvalue weighted by atomic mass is 10.0. The molecule has 0 aromatic carbocycles. The topological polar surface area (TPSA) is 70.0 Å².